The SMILES string of the molecule is CC.CCc1cn([C@@H](CC)CN(C)C(=O)OC)c2nc(C)c(-c3ccc(C(C)C)nc3OC)nc12. The van der Waals surface area contributed by atoms with Gasteiger partial charge in [0.2, 0.25) is 5.88 Å². The Kier molecular flexibility index (Phi) is 10.0. The van der Waals surface area contributed by atoms with Crippen LogP contribution in [0, 0.1) is 6.92 Å². The summed E-state index contributed by atoms with van der Waals surface area (Å²) >= 11 is 0. The van der Waals surface area contributed by atoms with Gasteiger partial charge in [0.1, 0.15) is 5.52 Å². The molecule has 8 nitrogen and oxygen atoms in total. The third-order valence-corrected chi connectivity index (χ3v) is 6.03. The average molecular weight is 484 g/mol. The Morgan fingerprint density at radius 2 is 1.80 bits per heavy atom. The van der Waals surface area contributed by atoms with Crippen LogP contribution in [0.5, 0.6) is 5.88 Å². The van der Waals surface area contributed by atoms with Crippen molar-refractivity contribution in [2.24, 2.45) is 0 Å². The lowest BCUT2D eigenvalue weighted by molar-refractivity contribution is 0.127. The average Bonchev–Trinajstić information content (AvgIpc) is 3.23. The highest BCUT2D eigenvalue weighted by atomic mass is 16.5. The monoisotopic (exact) mass is 483 g/mol. The Morgan fingerprint density at radius 3 is 2.34 bits per heavy atom. The van der Waals surface area contributed by atoms with E-state index in [0.29, 0.717) is 18.3 Å². The van der Waals surface area contributed by atoms with Crippen molar-refractivity contribution >= 4 is 17.3 Å². The van der Waals surface area contributed by atoms with Gasteiger partial charge >= 0.3 is 6.09 Å². The Balaban J connectivity index is 0.00000210. The number of ether oxygens (including phenoxy) is 2. The van der Waals surface area contributed by atoms with Gasteiger partial charge in [-0.1, -0.05) is 41.5 Å². The Hall–Kier alpha value is -3.16. The van der Waals surface area contributed by atoms with Crippen molar-refractivity contribution in [2.45, 2.75) is 73.3 Å². The van der Waals surface area contributed by atoms with Gasteiger partial charge in [-0.3, -0.25) is 0 Å². The van der Waals surface area contributed by atoms with Gasteiger partial charge in [0.25, 0.3) is 0 Å². The zero-order valence-electron chi connectivity index (χ0n) is 23.0. The molecule has 0 radical (unpaired) electrons. The van der Waals surface area contributed by atoms with Gasteiger partial charge in [0.15, 0.2) is 5.65 Å². The second-order valence-corrected chi connectivity index (χ2v) is 8.61. The molecule has 0 spiro atoms. The second-order valence-electron chi connectivity index (χ2n) is 8.61. The predicted molar refractivity (Wildman–Crippen MR) is 141 cm³/mol. The molecule has 0 aliphatic heterocycles. The van der Waals surface area contributed by atoms with Crippen molar-refractivity contribution in [3.8, 4) is 17.1 Å². The van der Waals surface area contributed by atoms with Crippen LogP contribution in [-0.4, -0.2) is 58.3 Å². The molecule has 0 unspecified atom stereocenters. The smallest absolute Gasteiger partial charge is 0.409 e. The summed E-state index contributed by atoms with van der Waals surface area (Å²) in [6, 6.07) is 4.10. The third kappa shape index (κ3) is 5.92. The van der Waals surface area contributed by atoms with Crippen molar-refractivity contribution in [1.29, 1.82) is 0 Å². The number of likely N-dealkylation sites (N-methyl/N-ethyl adjacent to an activating group) is 1. The number of aryl methyl sites for hydroxylation is 2. The summed E-state index contributed by atoms with van der Waals surface area (Å²) in [4.78, 5) is 28.3. The third-order valence-electron chi connectivity index (χ3n) is 6.03. The molecule has 8 heteroatoms. The van der Waals surface area contributed by atoms with Gasteiger partial charge in [-0.2, -0.15) is 0 Å². The van der Waals surface area contributed by atoms with Gasteiger partial charge in [-0.15, -0.1) is 0 Å². The Bertz CT molecular complexity index is 1140. The van der Waals surface area contributed by atoms with Crippen LogP contribution in [0.2, 0.25) is 0 Å². The number of carbonyl (C=O) groups is 1. The number of hydrogen-bond acceptors (Lipinski definition) is 6. The molecule has 3 aromatic rings. The van der Waals surface area contributed by atoms with Crippen molar-refractivity contribution in [1.82, 2.24) is 24.4 Å². The normalized spacial score (nSPS) is 11.7. The van der Waals surface area contributed by atoms with Crippen LogP contribution >= 0.6 is 0 Å². The number of amides is 1. The van der Waals surface area contributed by atoms with E-state index in [4.69, 9.17) is 24.4 Å². The first kappa shape index (κ1) is 28.1. The van der Waals surface area contributed by atoms with Crippen LogP contribution in [-0.2, 0) is 11.2 Å². The molecule has 0 aliphatic rings. The second kappa shape index (κ2) is 12.5. The van der Waals surface area contributed by atoms with Crippen molar-refractivity contribution in [3.63, 3.8) is 0 Å². The van der Waals surface area contributed by atoms with Crippen LogP contribution in [0.3, 0.4) is 0 Å². The lowest BCUT2D eigenvalue weighted by atomic mass is 10.1. The molecule has 0 bridgehead atoms. The van der Waals surface area contributed by atoms with Gasteiger partial charge in [-0.05, 0) is 43.4 Å². The highest BCUT2D eigenvalue weighted by Crippen LogP contribution is 2.33. The fourth-order valence-corrected chi connectivity index (χ4v) is 4.06. The summed E-state index contributed by atoms with van der Waals surface area (Å²) < 4.78 is 12.6. The van der Waals surface area contributed by atoms with E-state index < -0.39 is 0 Å². The van der Waals surface area contributed by atoms with Gasteiger partial charge in [0, 0.05) is 25.5 Å². The minimum Gasteiger partial charge on any atom is -0.480 e. The molecule has 3 heterocycles. The number of nitrogens with zero attached hydrogens (tertiary/aromatic N) is 5. The minimum atomic E-state index is -0.352. The van der Waals surface area contributed by atoms with Crippen LogP contribution < -0.4 is 4.74 Å². The molecule has 35 heavy (non-hydrogen) atoms. The molecule has 0 aromatic carbocycles. The fourth-order valence-electron chi connectivity index (χ4n) is 4.06. The molecule has 0 aliphatic carbocycles. The lowest BCUT2D eigenvalue weighted by Crippen LogP contribution is -2.32. The quantitative estimate of drug-likeness (QED) is 0.381. The van der Waals surface area contributed by atoms with E-state index in [1.807, 2.05) is 32.9 Å². The van der Waals surface area contributed by atoms with E-state index in [1.165, 1.54) is 7.11 Å². The maximum Gasteiger partial charge on any atom is 0.409 e. The number of aromatic nitrogens is 4. The fraction of sp³-hybridized carbons (Fsp3) is 0.556. The summed E-state index contributed by atoms with van der Waals surface area (Å²) in [6.07, 6.45) is 3.43. The summed E-state index contributed by atoms with van der Waals surface area (Å²) in [5.74, 6) is 0.860. The number of methoxy groups -OCH3 is 2. The van der Waals surface area contributed by atoms with E-state index in [-0.39, 0.29) is 12.1 Å². The number of carbonyl (C=O) groups excluding carboxylic acids is 1. The first-order chi connectivity index (χ1) is 16.7. The van der Waals surface area contributed by atoms with E-state index in [1.54, 1.807) is 19.1 Å². The lowest BCUT2D eigenvalue weighted by Gasteiger charge is -2.24. The molecule has 3 rings (SSSR count). The Morgan fingerprint density at radius 1 is 1.11 bits per heavy atom. The molecular weight excluding hydrogens is 442 g/mol. The van der Waals surface area contributed by atoms with Crippen LogP contribution in [0.15, 0.2) is 18.3 Å². The van der Waals surface area contributed by atoms with Gasteiger partial charge in [0.05, 0.1) is 37.2 Å². The molecule has 0 saturated carbocycles. The van der Waals surface area contributed by atoms with E-state index >= 15 is 0 Å². The van der Waals surface area contributed by atoms with Crippen molar-refractivity contribution < 1.29 is 14.3 Å². The maximum absolute atomic E-state index is 12.0. The molecular formula is C27H41N5O3. The molecule has 0 N–H and O–H groups in total. The number of hydrogen-bond donors (Lipinski definition) is 0. The standard InChI is InChI=1S/C25H35N5O3.C2H6/c1-9-17-13-30(18(10-2)14-29(6)25(31)33-8)23-22(17)28-21(16(5)26-23)19-11-12-20(15(3)4)27-24(19)32-7;1-2/h11-13,15,18H,9-10,14H2,1-8H3;1-2H3/t18-;/m0./s1. The number of fused-ring (bicyclic) bond motifs is 1. The largest absolute Gasteiger partial charge is 0.480 e. The first-order valence-electron chi connectivity index (χ1n) is 12.5. The van der Waals surface area contributed by atoms with Crippen LogP contribution in [0.25, 0.3) is 22.4 Å². The summed E-state index contributed by atoms with van der Waals surface area (Å²) in [5.41, 5.74) is 6.19. The van der Waals surface area contributed by atoms with Gasteiger partial charge < -0.3 is 18.9 Å². The predicted octanol–water partition coefficient (Wildman–Crippen LogP) is 6.17. The molecule has 1 atom stereocenters. The van der Waals surface area contributed by atoms with Crippen molar-refractivity contribution in [2.75, 3.05) is 27.8 Å². The number of pyridine rings is 1. The van der Waals surface area contributed by atoms with E-state index in [0.717, 1.165) is 52.2 Å². The van der Waals surface area contributed by atoms with Crippen LogP contribution in [0.4, 0.5) is 4.79 Å². The van der Waals surface area contributed by atoms with E-state index in [2.05, 4.69) is 38.5 Å². The van der Waals surface area contributed by atoms with Gasteiger partial charge in [-0.25, -0.2) is 19.7 Å². The topological polar surface area (TPSA) is 82.4 Å². The van der Waals surface area contributed by atoms with Crippen molar-refractivity contribution in [3.05, 3.63) is 35.3 Å². The first-order valence-corrected chi connectivity index (χ1v) is 12.5. The maximum atomic E-state index is 12.0. The number of rotatable bonds is 8. The van der Waals surface area contributed by atoms with Crippen LogP contribution in [0.1, 0.15) is 76.9 Å². The summed E-state index contributed by atoms with van der Waals surface area (Å²) in [5, 5.41) is 0. The Labute approximate surface area is 209 Å². The molecule has 0 saturated heterocycles. The zero-order valence-corrected chi connectivity index (χ0v) is 23.0. The molecule has 1 amide bonds. The molecule has 3 aromatic heterocycles. The summed E-state index contributed by atoms with van der Waals surface area (Å²) in [6.45, 7) is 14.9. The molecule has 0 fully saturated rings. The zero-order chi connectivity index (χ0) is 26.3. The highest BCUT2D eigenvalue weighted by molar-refractivity contribution is 5.81. The minimum absolute atomic E-state index is 0.0537. The highest BCUT2D eigenvalue weighted by Gasteiger charge is 2.23. The van der Waals surface area contributed by atoms with E-state index in [9.17, 15) is 4.79 Å². The summed E-state index contributed by atoms with van der Waals surface area (Å²) in [7, 11) is 4.78. The molecule has 192 valence electrons.